The monoisotopic (exact) mass is 557 g/mol. The number of carbonyl (C=O) groups is 1. The van der Waals surface area contributed by atoms with Crippen molar-refractivity contribution in [2.24, 2.45) is 0 Å². The van der Waals surface area contributed by atoms with Gasteiger partial charge in [0.2, 0.25) is 0 Å². The van der Waals surface area contributed by atoms with Crippen LogP contribution < -0.4 is 15.0 Å². The van der Waals surface area contributed by atoms with E-state index < -0.39 is 6.10 Å². The number of amides is 1. The number of hydrogen-bond acceptors (Lipinski definition) is 9. The highest BCUT2D eigenvalue weighted by molar-refractivity contribution is 6.33. The van der Waals surface area contributed by atoms with Crippen LogP contribution in [0.25, 0.3) is 22.4 Å². The van der Waals surface area contributed by atoms with Crippen molar-refractivity contribution in [3.63, 3.8) is 0 Å². The molecule has 2 aromatic heterocycles. The van der Waals surface area contributed by atoms with Crippen molar-refractivity contribution < 1.29 is 28.8 Å². The van der Waals surface area contributed by atoms with Gasteiger partial charge in [-0.2, -0.15) is 4.98 Å². The van der Waals surface area contributed by atoms with E-state index in [0.717, 1.165) is 37.2 Å². The molecule has 3 aliphatic heterocycles. The number of H-pyrrole nitrogens is 1. The number of aromatic amines is 1. The summed E-state index contributed by atoms with van der Waals surface area (Å²) in [5.41, 5.74) is 3.78. The van der Waals surface area contributed by atoms with Crippen LogP contribution in [0.2, 0.25) is 5.02 Å². The SMILES string of the molecule is CC(C)OC(=O)NC1CCN(c2ccc(-c3nc4[nH]c(O[C@@H]5CO[C@H]6[C@@H]5OC[C@H]6O)nc4cc3Cl)cc2)CC1. The molecule has 208 valence electrons. The highest BCUT2D eigenvalue weighted by atomic mass is 35.5. The number of aliphatic hydroxyl groups is 1. The zero-order valence-corrected chi connectivity index (χ0v) is 22.6. The smallest absolute Gasteiger partial charge is 0.407 e. The lowest BCUT2D eigenvalue weighted by Crippen LogP contribution is -2.45. The topological polar surface area (TPSA) is 131 Å². The van der Waals surface area contributed by atoms with E-state index in [9.17, 15) is 9.90 Å². The Hall–Kier alpha value is -3.12. The molecular weight excluding hydrogens is 526 g/mol. The summed E-state index contributed by atoms with van der Waals surface area (Å²) >= 11 is 6.60. The summed E-state index contributed by atoms with van der Waals surface area (Å²) < 4.78 is 22.4. The van der Waals surface area contributed by atoms with Crippen molar-refractivity contribution in [3.05, 3.63) is 35.4 Å². The highest BCUT2D eigenvalue weighted by Crippen LogP contribution is 2.33. The van der Waals surface area contributed by atoms with Gasteiger partial charge in [0, 0.05) is 30.4 Å². The number of aliphatic hydroxyl groups excluding tert-OH is 1. The summed E-state index contributed by atoms with van der Waals surface area (Å²) in [5, 5.41) is 13.4. The van der Waals surface area contributed by atoms with Crippen LogP contribution in [0.1, 0.15) is 26.7 Å². The molecule has 1 aromatic carbocycles. The van der Waals surface area contributed by atoms with Crippen LogP contribution in [-0.4, -0.2) is 89.0 Å². The minimum atomic E-state index is -0.641. The van der Waals surface area contributed by atoms with E-state index in [1.807, 2.05) is 26.0 Å². The summed E-state index contributed by atoms with van der Waals surface area (Å²) in [5.74, 6) is 0. The number of fused-ring (bicyclic) bond motifs is 2. The number of carbonyl (C=O) groups excluding carboxylic acids is 1. The van der Waals surface area contributed by atoms with Crippen molar-refractivity contribution in [1.82, 2.24) is 20.3 Å². The number of nitrogens with zero attached hydrogens (tertiary/aromatic N) is 3. The number of hydrogen-bond donors (Lipinski definition) is 3. The van der Waals surface area contributed by atoms with Crippen LogP contribution in [0.15, 0.2) is 30.3 Å². The van der Waals surface area contributed by atoms with Crippen LogP contribution >= 0.6 is 11.6 Å². The fraction of sp³-hybridized carbons (Fsp3) is 0.519. The van der Waals surface area contributed by atoms with Crippen LogP contribution in [0.3, 0.4) is 0 Å². The van der Waals surface area contributed by atoms with Gasteiger partial charge in [0.05, 0.1) is 30.0 Å². The molecule has 1 amide bonds. The Labute approximate surface area is 230 Å². The number of rotatable bonds is 6. The fourth-order valence-corrected chi connectivity index (χ4v) is 5.62. The number of pyridine rings is 1. The second-order valence-corrected chi connectivity index (χ2v) is 10.9. The molecule has 3 fully saturated rings. The maximum absolute atomic E-state index is 11.9. The Morgan fingerprint density at radius 3 is 2.64 bits per heavy atom. The van der Waals surface area contributed by atoms with Crippen molar-refractivity contribution in [2.75, 3.05) is 31.2 Å². The van der Waals surface area contributed by atoms with E-state index in [1.165, 1.54) is 0 Å². The number of anilines is 1. The summed E-state index contributed by atoms with van der Waals surface area (Å²) in [4.78, 5) is 26.5. The van der Waals surface area contributed by atoms with Crippen LogP contribution in [0.4, 0.5) is 10.5 Å². The summed E-state index contributed by atoms with van der Waals surface area (Å²) in [6.07, 6.45) is -0.500. The van der Waals surface area contributed by atoms with Gasteiger partial charge < -0.3 is 34.3 Å². The number of aromatic nitrogens is 3. The van der Waals surface area contributed by atoms with Crippen molar-refractivity contribution in [3.8, 4) is 17.3 Å². The Kier molecular flexibility index (Phi) is 7.23. The standard InChI is InChI=1S/C27H32ClN5O6/c1-14(2)38-27(35)29-16-7-9-33(10-8-16)17-5-3-15(4-6-17)22-18(28)11-19-25(31-22)32-26(30-19)39-21-13-37-23-20(34)12-36-24(21)23/h3-6,11,14,16,20-21,23-24,34H,7-10,12-13H2,1-2H3,(H,29,35)(H,30,31,32)/t20-,21-,23-,24-/m1/s1. The van der Waals surface area contributed by atoms with Crippen LogP contribution in [-0.2, 0) is 14.2 Å². The predicted octanol–water partition coefficient (Wildman–Crippen LogP) is 3.29. The average molecular weight is 558 g/mol. The quantitative estimate of drug-likeness (QED) is 0.418. The van der Waals surface area contributed by atoms with Gasteiger partial charge in [0.15, 0.2) is 11.8 Å². The third-order valence-electron chi connectivity index (χ3n) is 7.31. The van der Waals surface area contributed by atoms with Gasteiger partial charge in [-0.05, 0) is 44.9 Å². The summed E-state index contributed by atoms with van der Waals surface area (Å²) in [7, 11) is 0. The molecule has 0 saturated carbocycles. The van der Waals surface area contributed by atoms with E-state index in [-0.39, 0.29) is 43.2 Å². The minimum absolute atomic E-state index is 0.115. The lowest BCUT2D eigenvalue weighted by Gasteiger charge is -2.34. The average Bonchev–Trinajstić information content (AvgIpc) is 3.60. The fourth-order valence-electron chi connectivity index (χ4n) is 5.37. The van der Waals surface area contributed by atoms with Crippen LogP contribution in [0, 0.1) is 0 Å². The number of piperidine rings is 1. The van der Waals surface area contributed by atoms with Gasteiger partial charge in [-0.25, -0.2) is 9.78 Å². The van der Waals surface area contributed by atoms with Gasteiger partial charge in [-0.3, -0.25) is 4.98 Å². The van der Waals surface area contributed by atoms with Gasteiger partial charge in [-0.15, -0.1) is 0 Å². The van der Waals surface area contributed by atoms with E-state index in [4.69, 9.17) is 35.5 Å². The molecule has 6 rings (SSSR count). The molecule has 11 nitrogen and oxygen atoms in total. The van der Waals surface area contributed by atoms with E-state index in [2.05, 4.69) is 32.3 Å². The molecular formula is C27H32ClN5O6. The number of halogens is 1. The normalized spacial score (nSPS) is 25.3. The van der Waals surface area contributed by atoms with Crippen molar-refractivity contribution in [1.29, 1.82) is 0 Å². The first kappa shape index (κ1) is 26.1. The molecule has 3 saturated heterocycles. The third kappa shape index (κ3) is 5.49. The molecule has 3 N–H and O–H groups in total. The first-order valence-corrected chi connectivity index (χ1v) is 13.7. The molecule has 0 bridgehead atoms. The molecule has 12 heteroatoms. The highest BCUT2D eigenvalue weighted by Gasteiger charge is 2.48. The van der Waals surface area contributed by atoms with E-state index >= 15 is 0 Å². The second-order valence-electron chi connectivity index (χ2n) is 10.5. The molecule has 0 unspecified atom stereocenters. The van der Waals surface area contributed by atoms with Crippen molar-refractivity contribution >= 4 is 34.5 Å². The van der Waals surface area contributed by atoms with E-state index in [1.54, 1.807) is 6.07 Å². The second kappa shape index (κ2) is 10.8. The Bertz CT molecular complexity index is 1330. The minimum Gasteiger partial charge on any atom is -0.456 e. The zero-order chi connectivity index (χ0) is 27.1. The molecule has 39 heavy (non-hydrogen) atoms. The molecule has 3 aliphatic rings. The van der Waals surface area contributed by atoms with Gasteiger partial charge >= 0.3 is 6.09 Å². The lowest BCUT2D eigenvalue weighted by atomic mass is 10.0. The number of nitrogens with one attached hydrogen (secondary N) is 2. The number of alkyl carbamates (subject to hydrolysis) is 1. The lowest BCUT2D eigenvalue weighted by molar-refractivity contribution is 0.00706. The van der Waals surface area contributed by atoms with Crippen LogP contribution in [0.5, 0.6) is 6.01 Å². The molecule has 0 radical (unpaired) electrons. The van der Waals surface area contributed by atoms with Gasteiger partial charge in [0.1, 0.15) is 23.8 Å². The molecule has 0 spiro atoms. The summed E-state index contributed by atoms with van der Waals surface area (Å²) in [6, 6.07) is 10.3. The van der Waals surface area contributed by atoms with Gasteiger partial charge in [-0.1, -0.05) is 23.7 Å². The molecule has 0 aliphatic carbocycles. The van der Waals surface area contributed by atoms with Crippen molar-refractivity contribution in [2.45, 2.75) is 63.3 Å². The zero-order valence-electron chi connectivity index (χ0n) is 21.8. The molecule has 3 aromatic rings. The molecule has 5 heterocycles. The Balaban J connectivity index is 1.10. The number of benzene rings is 1. The maximum Gasteiger partial charge on any atom is 0.407 e. The number of ether oxygens (including phenoxy) is 4. The Morgan fingerprint density at radius 2 is 1.90 bits per heavy atom. The predicted molar refractivity (Wildman–Crippen MR) is 144 cm³/mol. The first-order chi connectivity index (χ1) is 18.8. The first-order valence-electron chi connectivity index (χ1n) is 13.3. The van der Waals surface area contributed by atoms with Gasteiger partial charge in [0.25, 0.3) is 6.01 Å². The number of imidazole rings is 1. The largest absolute Gasteiger partial charge is 0.456 e. The maximum atomic E-state index is 11.9. The Morgan fingerprint density at radius 1 is 1.15 bits per heavy atom. The van der Waals surface area contributed by atoms with E-state index in [0.29, 0.717) is 34.5 Å². The molecule has 4 atom stereocenters. The summed E-state index contributed by atoms with van der Waals surface area (Å²) in [6.45, 7) is 5.91. The third-order valence-corrected chi connectivity index (χ3v) is 7.60.